The summed E-state index contributed by atoms with van der Waals surface area (Å²) in [5, 5.41) is 12.0. The normalized spacial score (nSPS) is 24.4. The highest BCUT2D eigenvalue weighted by molar-refractivity contribution is 7.89. The summed E-state index contributed by atoms with van der Waals surface area (Å²) in [4.78, 5) is 14.4. The second-order valence-electron chi connectivity index (χ2n) is 7.70. The number of carbonyl (C=O) groups excluding carboxylic acids is 1. The van der Waals surface area contributed by atoms with Crippen molar-refractivity contribution in [3.05, 3.63) is 29.8 Å². The van der Waals surface area contributed by atoms with Gasteiger partial charge in [0.25, 0.3) is 0 Å². The highest BCUT2D eigenvalue weighted by Crippen LogP contribution is 2.24. The van der Waals surface area contributed by atoms with Gasteiger partial charge in [-0.15, -0.1) is 0 Å². The molecule has 0 atom stereocenters. The van der Waals surface area contributed by atoms with Crippen LogP contribution in [-0.4, -0.2) is 57.4 Å². The summed E-state index contributed by atoms with van der Waals surface area (Å²) < 4.78 is 27.0. The second-order valence-corrected chi connectivity index (χ2v) is 9.64. The lowest BCUT2D eigenvalue weighted by molar-refractivity contribution is -0.903. The van der Waals surface area contributed by atoms with Crippen molar-refractivity contribution in [1.29, 1.82) is 5.26 Å². The van der Waals surface area contributed by atoms with Gasteiger partial charge in [-0.25, -0.2) is 8.42 Å². The summed E-state index contributed by atoms with van der Waals surface area (Å²) in [5.41, 5.74) is 0.431. The van der Waals surface area contributed by atoms with Crippen LogP contribution in [0.25, 0.3) is 0 Å². The Morgan fingerprint density at radius 2 is 1.79 bits per heavy atom. The molecule has 0 radical (unpaired) electrons. The van der Waals surface area contributed by atoms with E-state index in [9.17, 15) is 13.2 Å². The van der Waals surface area contributed by atoms with Gasteiger partial charge in [0.2, 0.25) is 15.9 Å². The molecule has 2 saturated heterocycles. The van der Waals surface area contributed by atoms with Gasteiger partial charge in [-0.1, -0.05) is 0 Å². The molecule has 0 aliphatic carbocycles. The lowest BCUT2D eigenvalue weighted by Crippen LogP contribution is -3.13. The predicted molar refractivity (Wildman–Crippen MR) is 105 cm³/mol. The first-order valence-corrected chi connectivity index (χ1v) is 11.5. The molecule has 2 heterocycles. The number of hydrogen-bond donors (Lipinski definition) is 2. The fourth-order valence-corrected chi connectivity index (χ4v) is 5.52. The molecule has 2 N–H and O–H groups in total. The number of nitriles is 1. The molecule has 8 heteroatoms. The minimum Gasteiger partial charge on any atom is -0.353 e. The third kappa shape index (κ3) is 4.72. The van der Waals surface area contributed by atoms with Gasteiger partial charge in [0.15, 0.2) is 0 Å². The molecular weight excluding hydrogens is 376 g/mol. The van der Waals surface area contributed by atoms with E-state index in [1.54, 1.807) is 4.90 Å². The van der Waals surface area contributed by atoms with Crippen LogP contribution in [0.2, 0.25) is 0 Å². The van der Waals surface area contributed by atoms with Crippen molar-refractivity contribution < 1.29 is 18.1 Å². The van der Waals surface area contributed by atoms with E-state index in [1.807, 2.05) is 6.07 Å². The van der Waals surface area contributed by atoms with Crippen LogP contribution in [0, 0.1) is 17.2 Å². The van der Waals surface area contributed by atoms with Crippen LogP contribution in [-0.2, 0) is 14.8 Å². The fraction of sp³-hybridized carbons (Fsp3) is 0.600. The lowest BCUT2D eigenvalue weighted by Gasteiger charge is -2.33. The van der Waals surface area contributed by atoms with Crippen molar-refractivity contribution in [2.75, 3.05) is 32.7 Å². The van der Waals surface area contributed by atoms with E-state index in [-0.39, 0.29) is 22.8 Å². The maximum atomic E-state index is 12.8. The van der Waals surface area contributed by atoms with Crippen LogP contribution in [0.15, 0.2) is 29.2 Å². The Bertz CT molecular complexity index is 816. The Morgan fingerprint density at radius 1 is 1.18 bits per heavy atom. The van der Waals surface area contributed by atoms with Crippen LogP contribution in [0.1, 0.15) is 38.2 Å². The van der Waals surface area contributed by atoms with Gasteiger partial charge in [0.1, 0.15) is 0 Å². The second kappa shape index (κ2) is 9.03. The average Bonchev–Trinajstić information content (AvgIpc) is 2.74. The van der Waals surface area contributed by atoms with Crippen molar-refractivity contribution in [1.82, 2.24) is 9.62 Å². The number of hydrogen-bond acceptors (Lipinski definition) is 4. The average molecular weight is 406 g/mol. The molecule has 1 aromatic rings. The van der Waals surface area contributed by atoms with Gasteiger partial charge in [0, 0.05) is 37.9 Å². The van der Waals surface area contributed by atoms with E-state index < -0.39 is 10.0 Å². The SMILES string of the molecule is CC[NH+]1CCC(NC(=O)C2CCN(S(=O)(=O)c3ccc(C#N)cc3)CC2)CC1. The van der Waals surface area contributed by atoms with Crippen molar-refractivity contribution in [3.63, 3.8) is 0 Å². The summed E-state index contributed by atoms with van der Waals surface area (Å²) in [6.07, 6.45) is 3.11. The molecule has 2 aliphatic rings. The number of nitrogens with zero attached hydrogens (tertiary/aromatic N) is 2. The van der Waals surface area contributed by atoms with Crippen molar-refractivity contribution in [2.24, 2.45) is 5.92 Å². The molecule has 28 heavy (non-hydrogen) atoms. The number of likely N-dealkylation sites (tertiary alicyclic amines) is 1. The van der Waals surface area contributed by atoms with Gasteiger partial charge < -0.3 is 10.2 Å². The molecule has 0 aromatic heterocycles. The van der Waals surface area contributed by atoms with Gasteiger partial charge in [-0.2, -0.15) is 9.57 Å². The quantitative estimate of drug-likeness (QED) is 0.729. The summed E-state index contributed by atoms with van der Waals surface area (Å²) in [5.74, 6) is -0.0515. The number of sulfonamides is 1. The van der Waals surface area contributed by atoms with Crippen LogP contribution >= 0.6 is 0 Å². The first-order valence-electron chi connectivity index (χ1n) is 10.1. The van der Waals surface area contributed by atoms with E-state index in [0.29, 0.717) is 31.5 Å². The van der Waals surface area contributed by atoms with Crippen molar-refractivity contribution in [3.8, 4) is 6.07 Å². The minimum atomic E-state index is -3.58. The van der Waals surface area contributed by atoms with E-state index in [1.165, 1.54) is 28.6 Å². The van der Waals surface area contributed by atoms with Crippen molar-refractivity contribution in [2.45, 2.75) is 43.5 Å². The molecular formula is C20H29N4O3S+. The molecule has 0 bridgehead atoms. The van der Waals surface area contributed by atoms with E-state index >= 15 is 0 Å². The molecule has 7 nitrogen and oxygen atoms in total. The third-order valence-electron chi connectivity index (χ3n) is 5.98. The fourth-order valence-electron chi connectivity index (χ4n) is 4.05. The Kier molecular flexibility index (Phi) is 6.70. The summed E-state index contributed by atoms with van der Waals surface area (Å²) in [6.45, 7) is 6.21. The molecule has 2 aliphatic heterocycles. The Hall–Kier alpha value is -1.95. The zero-order valence-electron chi connectivity index (χ0n) is 16.4. The Balaban J connectivity index is 1.52. The summed E-state index contributed by atoms with van der Waals surface area (Å²) >= 11 is 0. The number of quaternary nitrogens is 1. The number of rotatable bonds is 5. The van der Waals surface area contributed by atoms with Gasteiger partial charge in [-0.05, 0) is 44.0 Å². The summed E-state index contributed by atoms with van der Waals surface area (Å²) in [6, 6.07) is 8.21. The van der Waals surface area contributed by atoms with E-state index in [2.05, 4.69) is 12.2 Å². The molecule has 2 fully saturated rings. The largest absolute Gasteiger partial charge is 0.353 e. The molecule has 0 unspecified atom stereocenters. The lowest BCUT2D eigenvalue weighted by atomic mass is 9.96. The van der Waals surface area contributed by atoms with Gasteiger partial charge >= 0.3 is 0 Å². The maximum Gasteiger partial charge on any atom is 0.243 e. The number of carbonyl (C=O) groups is 1. The number of nitrogens with one attached hydrogen (secondary N) is 2. The molecule has 0 spiro atoms. The van der Waals surface area contributed by atoms with E-state index in [4.69, 9.17) is 5.26 Å². The molecule has 1 amide bonds. The van der Waals surface area contributed by atoms with E-state index in [0.717, 1.165) is 32.5 Å². The molecule has 152 valence electrons. The molecule has 1 aromatic carbocycles. The molecule has 0 saturated carbocycles. The minimum absolute atomic E-state index is 0.0698. The topological polar surface area (TPSA) is 94.7 Å². The highest BCUT2D eigenvalue weighted by atomic mass is 32.2. The number of amides is 1. The monoisotopic (exact) mass is 405 g/mol. The Labute approximate surface area is 167 Å². The predicted octanol–water partition coefficient (Wildman–Crippen LogP) is 0.142. The summed E-state index contributed by atoms with van der Waals surface area (Å²) in [7, 11) is -3.58. The van der Waals surface area contributed by atoms with Gasteiger partial charge in [0.05, 0.1) is 36.2 Å². The standard InChI is InChI=1S/C20H28N4O3S/c1-2-23-11-9-18(10-12-23)22-20(25)17-7-13-24(14-8-17)28(26,27)19-5-3-16(15-21)4-6-19/h3-6,17-18H,2,7-14H2,1H3,(H,22,25)/p+1. The third-order valence-corrected chi connectivity index (χ3v) is 7.90. The number of piperidine rings is 2. The zero-order chi connectivity index (χ0) is 20.1. The molecule has 3 rings (SSSR count). The highest BCUT2D eigenvalue weighted by Gasteiger charge is 2.33. The van der Waals surface area contributed by atoms with Crippen LogP contribution in [0.4, 0.5) is 0 Å². The van der Waals surface area contributed by atoms with Crippen LogP contribution in [0.5, 0.6) is 0 Å². The first kappa shape index (κ1) is 20.8. The van der Waals surface area contributed by atoms with Crippen molar-refractivity contribution >= 4 is 15.9 Å². The Morgan fingerprint density at radius 3 is 2.32 bits per heavy atom. The zero-order valence-corrected chi connectivity index (χ0v) is 17.2. The first-order chi connectivity index (χ1) is 13.4. The van der Waals surface area contributed by atoms with Gasteiger partial charge in [-0.3, -0.25) is 4.79 Å². The van der Waals surface area contributed by atoms with Crippen LogP contribution < -0.4 is 10.2 Å². The maximum absolute atomic E-state index is 12.8. The number of benzene rings is 1. The van der Waals surface area contributed by atoms with Crippen LogP contribution in [0.3, 0.4) is 0 Å². The smallest absolute Gasteiger partial charge is 0.243 e.